The van der Waals surface area contributed by atoms with Gasteiger partial charge < -0.3 is 5.32 Å². The summed E-state index contributed by atoms with van der Waals surface area (Å²) < 4.78 is 14.4. The van der Waals surface area contributed by atoms with Gasteiger partial charge in [-0.15, -0.1) is 0 Å². The maximum absolute atomic E-state index is 14.4. The third-order valence-corrected chi connectivity index (χ3v) is 4.47. The van der Waals surface area contributed by atoms with Gasteiger partial charge in [-0.25, -0.2) is 4.39 Å². The van der Waals surface area contributed by atoms with Crippen molar-refractivity contribution in [3.05, 3.63) is 34.6 Å². The third-order valence-electron chi connectivity index (χ3n) is 4.47. The Morgan fingerprint density at radius 2 is 1.74 bits per heavy atom. The molecular formula is C17H26FN. The summed E-state index contributed by atoms with van der Waals surface area (Å²) in [4.78, 5) is 0. The van der Waals surface area contributed by atoms with E-state index in [4.69, 9.17) is 0 Å². The zero-order valence-electron chi connectivity index (χ0n) is 12.4. The predicted molar refractivity (Wildman–Crippen MR) is 78.9 cm³/mol. The smallest absolute Gasteiger partial charge is 0.128 e. The summed E-state index contributed by atoms with van der Waals surface area (Å²) in [7, 11) is 1.97. The summed E-state index contributed by atoms with van der Waals surface area (Å²) >= 11 is 0. The highest BCUT2D eigenvalue weighted by Gasteiger charge is 2.26. The van der Waals surface area contributed by atoms with Crippen LogP contribution in [0.25, 0.3) is 0 Å². The van der Waals surface area contributed by atoms with Crippen molar-refractivity contribution >= 4 is 0 Å². The van der Waals surface area contributed by atoms with Crippen LogP contribution in [0.15, 0.2) is 12.1 Å². The lowest BCUT2D eigenvalue weighted by molar-refractivity contribution is 0.332. The molecule has 1 fully saturated rings. The van der Waals surface area contributed by atoms with E-state index in [1.54, 1.807) is 6.07 Å². The third kappa shape index (κ3) is 3.36. The van der Waals surface area contributed by atoms with Gasteiger partial charge in [0.15, 0.2) is 0 Å². The Morgan fingerprint density at radius 1 is 1.11 bits per heavy atom. The molecule has 0 amide bonds. The first-order chi connectivity index (χ1) is 9.13. The first kappa shape index (κ1) is 14.5. The van der Waals surface area contributed by atoms with Crippen molar-refractivity contribution in [1.29, 1.82) is 0 Å². The van der Waals surface area contributed by atoms with E-state index >= 15 is 0 Å². The second kappa shape index (κ2) is 6.51. The number of hydrogen-bond acceptors (Lipinski definition) is 1. The van der Waals surface area contributed by atoms with Crippen LogP contribution in [0.3, 0.4) is 0 Å². The van der Waals surface area contributed by atoms with Crippen LogP contribution in [0.2, 0.25) is 0 Å². The van der Waals surface area contributed by atoms with E-state index in [0.29, 0.717) is 5.92 Å². The molecule has 1 aliphatic carbocycles. The molecule has 0 spiro atoms. The molecule has 0 saturated heterocycles. The zero-order chi connectivity index (χ0) is 13.8. The quantitative estimate of drug-likeness (QED) is 0.781. The summed E-state index contributed by atoms with van der Waals surface area (Å²) in [5, 5.41) is 3.38. The maximum Gasteiger partial charge on any atom is 0.128 e. The van der Waals surface area contributed by atoms with Crippen LogP contribution >= 0.6 is 0 Å². The molecule has 2 rings (SSSR count). The molecule has 1 aliphatic rings. The highest BCUT2D eigenvalue weighted by atomic mass is 19.1. The first-order valence-corrected chi connectivity index (χ1v) is 7.57. The van der Waals surface area contributed by atoms with Crippen molar-refractivity contribution in [3.8, 4) is 0 Å². The van der Waals surface area contributed by atoms with Crippen LogP contribution < -0.4 is 5.32 Å². The van der Waals surface area contributed by atoms with Crippen molar-refractivity contribution in [2.75, 3.05) is 7.05 Å². The molecule has 0 heterocycles. The van der Waals surface area contributed by atoms with Gasteiger partial charge in [-0.05, 0) is 56.8 Å². The molecule has 0 radical (unpaired) electrons. The van der Waals surface area contributed by atoms with Gasteiger partial charge in [-0.1, -0.05) is 31.7 Å². The van der Waals surface area contributed by atoms with E-state index in [9.17, 15) is 4.39 Å². The molecular weight excluding hydrogens is 237 g/mol. The molecule has 1 unspecified atom stereocenters. The lowest BCUT2D eigenvalue weighted by Gasteiger charge is -2.28. The van der Waals surface area contributed by atoms with Gasteiger partial charge in [0.1, 0.15) is 5.82 Å². The standard InChI is InChI=1S/C17H26FN/c1-12-10-13(2)16(15(18)11-12)17(19-3)14-8-6-4-5-7-9-14/h10-11,14,17,19H,4-9H2,1-3H3. The number of nitrogens with one attached hydrogen (secondary N) is 1. The second-order valence-electron chi connectivity index (χ2n) is 6.00. The summed E-state index contributed by atoms with van der Waals surface area (Å²) in [6, 6.07) is 3.93. The van der Waals surface area contributed by atoms with E-state index in [1.807, 2.05) is 20.9 Å². The topological polar surface area (TPSA) is 12.0 Å². The molecule has 1 aromatic carbocycles. The van der Waals surface area contributed by atoms with E-state index in [-0.39, 0.29) is 11.9 Å². The first-order valence-electron chi connectivity index (χ1n) is 7.57. The summed E-state index contributed by atoms with van der Waals surface area (Å²) in [6.07, 6.45) is 7.69. The van der Waals surface area contributed by atoms with Gasteiger partial charge in [0, 0.05) is 11.6 Å². The number of aryl methyl sites for hydroxylation is 2. The number of benzene rings is 1. The maximum atomic E-state index is 14.4. The Morgan fingerprint density at radius 3 is 2.26 bits per heavy atom. The Hall–Kier alpha value is -0.890. The van der Waals surface area contributed by atoms with Gasteiger partial charge in [0.2, 0.25) is 0 Å². The molecule has 0 aromatic heterocycles. The van der Waals surface area contributed by atoms with Gasteiger partial charge in [-0.2, -0.15) is 0 Å². The highest BCUT2D eigenvalue weighted by Crippen LogP contribution is 2.36. The fourth-order valence-electron chi connectivity index (χ4n) is 3.58. The van der Waals surface area contributed by atoms with Gasteiger partial charge in [0.25, 0.3) is 0 Å². The monoisotopic (exact) mass is 263 g/mol. The van der Waals surface area contributed by atoms with Crippen LogP contribution in [0.5, 0.6) is 0 Å². The number of hydrogen-bond donors (Lipinski definition) is 1. The van der Waals surface area contributed by atoms with E-state index in [2.05, 4.69) is 11.4 Å². The van der Waals surface area contributed by atoms with Crippen molar-refractivity contribution in [3.63, 3.8) is 0 Å². The van der Waals surface area contributed by atoms with Crippen LogP contribution in [-0.4, -0.2) is 7.05 Å². The van der Waals surface area contributed by atoms with Gasteiger partial charge >= 0.3 is 0 Å². The molecule has 106 valence electrons. The van der Waals surface area contributed by atoms with Crippen molar-refractivity contribution in [2.24, 2.45) is 5.92 Å². The van der Waals surface area contributed by atoms with Gasteiger partial charge in [0.05, 0.1) is 0 Å². The fourth-order valence-corrected chi connectivity index (χ4v) is 3.58. The summed E-state index contributed by atoms with van der Waals surface area (Å²) in [6.45, 7) is 3.99. The van der Waals surface area contributed by atoms with Crippen LogP contribution in [0, 0.1) is 25.6 Å². The van der Waals surface area contributed by atoms with E-state index in [0.717, 1.165) is 16.7 Å². The molecule has 1 saturated carbocycles. The molecule has 1 aromatic rings. The van der Waals surface area contributed by atoms with Crippen LogP contribution in [0.4, 0.5) is 4.39 Å². The molecule has 1 atom stereocenters. The van der Waals surface area contributed by atoms with Crippen LogP contribution in [-0.2, 0) is 0 Å². The minimum Gasteiger partial charge on any atom is -0.313 e. The molecule has 1 N–H and O–H groups in total. The number of halogens is 1. The SMILES string of the molecule is CNC(c1c(C)cc(C)cc1F)C1CCCCCC1. The van der Waals surface area contributed by atoms with Crippen molar-refractivity contribution < 1.29 is 4.39 Å². The van der Waals surface area contributed by atoms with Crippen LogP contribution in [0.1, 0.15) is 61.3 Å². The largest absolute Gasteiger partial charge is 0.313 e. The zero-order valence-corrected chi connectivity index (χ0v) is 12.4. The molecule has 2 heteroatoms. The molecule has 0 bridgehead atoms. The second-order valence-corrected chi connectivity index (χ2v) is 6.00. The summed E-state index contributed by atoms with van der Waals surface area (Å²) in [5.74, 6) is 0.532. The Balaban J connectivity index is 2.30. The Kier molecular flexibility index (Phi) is 4.98. The average molecular weight is 263 g/mol. The summed E-state index contributed by atoms with van der Waals surface area (Å²) in [5.41, 5.74) is 2.98. The van der Waals surface area contributed by atoms with Crippen molar-refractivity contribution in [2.45, 2.75) is 58.4 Å². The average Bonchev–Trinajstić information content (AvgIpc) is 2.62. The van der Waals surface area contributed by atoms with Gasteiger partial charge in [-0.3, -0.25) is 0 Å². The lowest BCUT2D eigenvalue weighted by atomic mass is 9.84. The van der Waals surface area contributed by atoms with Crippen molar-refractivity contribution in [1.82, 2.24) is 5.32 Å². The van der Waals surface area contributed by atoms with E-state index < -0.39 is 0 Å². The number of rotatable bonds is 3. The minimum atomic E-state index is -0.0407. The Bertz CT molecular complexity index is 396. The molecule has 1 nitrogen and oxygen atoms in total. The normalized spacial score (nSPS) is 19.2. The minimum absolute atomic E-state index is 0.0407. The predicted octanol–water partition coefficient (Wildman–Crippen LogP) is 4.67. The lowest BCUT2D eigenvalue weighted by Crippen LogP contribution is -2.27. The molecule has 0 aliphatic heterocycles. The Labute approximate surface area is 116 Å². The van der Waals surface area contributed by atoms with E-state index in [1.165, 1.54) is 38.5 Å². The molecule has 19 heavy (non-hydrogen) atoms. The highest BCUT2D eigenvalue weighted by molar-refractivity contribution is 5.34. The fraction of sp³-hybridized carbons (Fsp3) is 0.647.